The Hall–Kier alpha value is -3.33. The van der Waals surface area contributed by atoms with Gasteiger partial charge in [-0.05, 0) is 30.4 Å². The number of thiophene rings is 1. The first-order valence-electron chi connectivity index (χ1n) is 11.1. The lowest BCUT2D eigenvalue weighted by molar-refractivity contribution is -0.126. The predicted octanol–water partition coefficient (Wildman–Crippen LogP) is 3.47. The van der Waals surface area contributed by atoms with E-state index in [0.717, 1.165) is 30.6 Å². The number of aromatic nitrogens is 4. The number of carbonyl (C=O) groups is 1. The first-order chi connectivity index (χ1) is 16.1. The summed E-state index contributed by atoms with van der Waals surface area (Å²) < 4.78 is 17.0. The number of nitrogens with zero attached hydrogens (tertiary/aromatic N) is 4. The molecule has 3 aromatic heterocycles. The lowest BCUT2D eigenvalue weighted by Gasteiger charge is -2.26. The molecule has 0 atom stereocenters. The molecular weight excluding hydrogens is 441 g/mol. The molecular formula is C24H24FN5O2S. The van der Waals surface area contributed by atoms with Gasteiger partial charge in [-0.15, -0.1) is 11.3 Å². The number of rotatable bonds is 7. The Bertz CT molecular complexity index is 1340. The Balaban J connectivity index is 1.29. The van der Waals surface area contributed by atoms with Gasteiger partial charge in [0.15, 0.2) is 5.65 Å². The molecule has 0 unspecified atom stereocenters. The van der Waals surface area contributed by atoms with E-state index < -0.39 is 5.41 Å². The van der Waals surface area contributed by atoms with Gasteiger partial charge in [0.25, 0.3) is 5.56 Å². The summed E-state index contributed by atoms with van der Waals surface area (Å²) in [6.07, 6.45) is 6.74. The molecule has 33 heavy (non-hydrogen) atoms. The maximum Gasteiger partial charge on any atom is 0.264 e. The number of nitrogens with one attached hydrogen (secondary N) is 1. The number of halogens is 1. The molecule has 4 aromatic rings. The van der Waals surface area contributed by atoms with Crippen molar-refractivity contribution in [1.29, 1.82) is 0 Å². The number of hydrogen-bond acceptors (Lipinski definition) is 5. The molecule has 1 N–H and O–H groups in total. The van der Waals surface area contributed by atoms with Gasteiger partial charge in [0.05, 0.1) is 24.7 Å². The van der Waals surface area contributed by atoms with E-state index >= 15 is 0 Å². The zero-order valence-electron chi connectivity index (χ0n) is 18.0. The summed E-state index contributed by atoms with van der Waals surface area (Å²) in [5, 5.41) is 9.76. The van der Waals surface area contributed by atoms with Crippen molar-refractivity contribution in [2.75, 3.05) is 6.54 Å². The Labute approximate surface area is 193 Å². The van der Waals surface area contributed by atoms with E-state index in [2.05, 4.69) is 15.4 Å². The average molecular weight is 466 g/mol. The molecule has 1 aliphatic rings. The number of hydrogen-bond donors (Lipinski definition) is 1. The predicted molar refractivity (Wildman–Crippen MR) is 125 cm³/mol. The standard InChI is InChI=1S/C24H24FN5O2S/c25-19-7-2-1-6-17(19)15-29-16-27-21-18(22(29)31)14-28-30(21)12-11-26-23(32)24(9-3-4-10-24)20-8-5-13-33-20/h1-2,5-8,13-14,16H,3-4,9-12,15H2,(H,26,32). The van der Waals surface area contributed by atoms with Crippen LogP contribution in [0.4, 0.5) is 4.39 Å². The third-order valence-corrected chi connectivity index (χ3v) is 7.49. The van der Waals surface area contributed by atoms with Crippen molar-refractivity contribution in [3.05, 3.63) is 80.9 Å². The van der Waals surface area contributed by atoms with E-state index in [-0.39, 0.29) is 23.8 Å². The van der Waals surface area contributed by atoms with Crippen LogP contribution < -0.4 is 10.9 Å². The van der Waals surface area contributed by atoms with Gasteiger partial charge in [0.1, 0.15) is 17.5 Å². The zero-order valence-corrected chi connectivity index (χ0v) is 18.9. The molecule has 0 spiro atoms. The highest BCUT2D eigenvalue weighted by atomic mass is 32.1. The van der Waals surface area contributed by atoms with Gasteiger partial charge in [-0.3, -0.25) is 14.2 Å². The van der Waals surface area contributed by atoms with Crippen LogP contribution in [-0.4, -0.2) is 31.8 Å². The lowest BCUT2D eigenvalue weighted by atomic mass is 9.83. The molecule has 0 radical (unpaired) electrons. The molecule has 3 heterocycles. The Morgan fingerprint density at radius 3 is 2.76 bits per heavy atom. The van der Waals surface area contributed by atoms with Gasteiger partial charge in [-0.2, -0.15) is 5.10 Å². The maximum atomic E-state index is 14.0. The van der Waals surface area contributed by atoms with Crippen LogP contribution in [0.25, 0.3) is 11.0 Å². The van der Waals surface area contributed by atoms with Crippen LogP contribution in [0.3, 0.4) is 0 Å². The summed E-state index contributed by atoms with van der Waals surface area (Å²) in [5.41, 5.74) is 0.162. The number of amides is 1. The van der Waals surface area contributed by atoms with E-state index in [0.29, 0.717) is 29.7 Å². The highest BCUT2D eigenvalue weighted by Crippen LogP contribution is 2.43. The van der Waals surface area contributed by atoms with Crippen molar-refractivity contribution in [3.63, 3.8) is 0 Å². The SMILES string of the molecule is O=C(NCCn1ncc2c(=O)n(Cc3ccccc3F)cnc21)C1(c2cccs2)CCCC1. The first-order valence-corrected chi connectivity index (χ1v) is 11.9. The van der Waals surface area contributed by atoms with Crippen LogP contribution >= 0.6 is 11.3 Å². The fourth-order valence-electron chi connectivity index (χ4n) is 4.64. The highest BCUT2D eigenvalue weighted by molar-refractivity contribution is 7.10. The van der Waals surface area contributed by atoms with Crippen molar-refractivity contribution in [1.82, 2.24) is 24.6 Å². The van der Waals surface area contributed by atoms with Crippen LogP contribution in [-0.2, 0) is 23.3 Å². The molecule has 1 aliphatic carbocycles. The summed E-state index contributed by atoms with van der Waals surface area (Å²) in [4.78, 5) is 31.5. The highest BCUT2D eigenvalue weighted by Gasteiger charge is 2.43. The molecule has 5 rings (SSSR count). The van der Waals surface area contributed by atoms with Gasteiger partial charge in [-0.25, -0.2) is 14.1 Å². The number of fused-ring (bicyclic) bond motifs is 1. The topological polar surface area (TPSA) is 81.8 Å². The Kier molecular flexibility index (Phi) is 5.80. The molecule has 0 bridgehead atoms. The zero-order chi connectivity index (χ0) is 22.8. The molecule has 9 heteroatoms. The molecule has 7 nitrogen and oxygen atoms in total. The normalized spacial score (nSPS) is 15.2. The van der Waals surface area contributed by atoms with Crippen LogP contribution in [0.5, 0.6) is 0 Å². The average Bonchev–Trinajstić information content (AvgIpc) is 3.58. The minimum atomic E-state index is -0.432. The summed E-state index contributed by atoms with van der Waals surface area (Å²) in [7, 11) is 0. The molecule has 1 fully saturated rings. The largest absolute Gasteiger partial charge is 0.353 e. The van der Waals surface area contributed by atoms with Gasteiger partial charge in [-0.1, -0.05) is 37.1 Å². The molecule has 0 saturated heterocycles. The molecule has 1 aromatic carbocycles. The van der Waals surface area contributed by atoms with E-state index in [1.54, 1.807) is 34.2 Å². The van der Waals surface area contributed by atoms with Gasteiger partial charge >= 0.3 is 0 Å². The Morgan fingerprint density at radius 2 is 2.00 bits per heavy atom. The second kappa shape index (κ2) is 8.90. The molecule has 1 amide bonds. The fraction of sp³-hybridized carbons (Fsp3) is 0.333. The van der Waals surface area contributed by atoms with Crippen molar-refractivity contribution in [3.8, 4) is 0 Å². The van der Waals surface area contributed by atoms with E-state index in [4.69, 9.17) is 0 Å². The lowest BCUT2D eigenvalue weighted by Crippen LogP contribution is -2.43. The summed E-state index contributed by atoms with van der Waals surface area (Å²) in [6.45, 7) is 0.892. The minimum absolute atomic E-state index is 0.0547. The van der Waals surface area contributed by atoms with Crippen LogP contribution in [0, 0.1) is 5.82 Å². The van der Waals surface area contributed by atoms with E-state index in [1.807, 2.05) is 17.5 Å². The second-order valence-electron chi connectivity index (χ2n) is 8.40. The smallest absolute Gasteiger partial charge is 0.264 e. The van der Waals surface area contributed by atoms with Crippen LogP contribution in [0.15, 0.2) is 59.1 Å². The van der Waals surface area contributed by atoms with Crippen LogP contribution in [0.2, 0.25) is 0 Å². The summed E-state index contributed by atoms with van der Waals surface area (Å²) >= 11 is 1.64. The number of benzene rings is 1. The van der Waals surface area contributed by atoms with Crippen molar-refractivity contribution in [2.45, 2.75) is 44.2 Å². The van der Waals surface area contributed by atoms with Gasteiger partial charge in [0, 0.05) is 17.0 Å². The summed E-state index contributed by atoms with van der Waals surface area (Å²) in [5.74, 6) is -0.308. The maximum absolute atomic E-state index is 14.0. The van der Waals surface area contributed by atoms with Crippen molar-refractivity contribution >= 4 is 28.3 Å². The quantitative estimate of drug-likeness (QED) is 0.453. The molecule has 0 aliphatic heterocycles. The third-order valence-electron chi connectivity index (χ3n) is 6.41. The van der Waals surface area contributed by atoms with E-state index in [9.17, 15) is 14.0 Å². The molecule has 170 valence electrons. The van der Waals surface area contributed by atoms with E-state index in [1.165, 1.54) is 23.2 Å². The fourth-order valence-corrected chi connectivity index (χ4v) is 5.63. The minimum Gasteiger partial charge on any atom is -0.353 e. The van der Waals surface area contributed by atoms with Crippen LogP contribution in [0.1, 0.15) is 36.1 Å². The number of carbonyl (C=O) groups excluding carboxylic acids is 1. The first kappa shape index (κ1) is 21.5. The van der Waals surface area contributed by atoms with Gasteiger partial charge < -0.3 is 5.32 Å². The van der Waals surface area contributed by atoms with Crippen molar-refractivity contribution < 1.29 is 9.18 Å². The second-order valence-corrected chi connectivity index (χ2v) is 9.34. The van der Waals surface area contributed by atoms with Crippen molar-refractivity contribution in [2.24, 2.45) is 0 Å². The van der Waals surface area contributed by atoms with Gasteiger partial charge in [0.2, 0.25) is 5.91 Å². The summed E-state index contributed by atoms with van der Waals surface area (Å²) in [6, 6.07) is 10.4. The monoisotopic (exact) mass is 465 g/mol. The Morgan fingerprint density at radius 1 is 1.18 bits per heavy atom. The third kappa shape index (κ3) is 3.97. The molecule has 1 saturated carbocycles.